The smallest absolute Gasteiger partial charge is 0.418 e. The van der Waals surface area contributed by atoms with Crippen molar-refractivity contribution in [2.24, 2.45) is 7.05 Å². The van der Waals surface area contributed by atoms with Crippen LogP contribution in [0.4, 0.5) is 32.3 Å². The molecule has 0 bridgehead atoms. The number of anilines is 1. The number of nitrogens with zero attached hydrogens (tertiary/aromatic N) is 8. The van der Waals surface area contributed by atoms with Gasteiger partial charge >= 0.3 is 18.3 Å². The summed E-state index contributed by atoms with van der Waals surface area (Å²) >= 11 is 6.13. The Labute approximate surface area is 435 Å². The fraction of sp³-hybridized carbons (Fsp3) is 0.348. The number of nitrogens with one attached hydrogen (secondary N) is 1. The fourth-order valence-corrected chi connectivity index (χ4v) is 9.33. The molecule has 2 N–H and O–H groups in total. The fourth-order valence-electron chi connectivity index (χ4n) is 6.95. The molecule has 5 aromatic heterocycles. The van der Waals surface area contributed by atoms with Gasteiger partial charge in [-0.15, -0.1) is 5.10 Å². The second-order valence-corrected chi connectivity index (χ2v) is 20.0. The highest BCUT2D eigenvalue weighted by molar-refractivity contribution is 7.93. The average molecular weight is 1130 g/mol. The Balaban J connectivity index is 0.000000212. The highest BCUT2D eigenvalue weighted by atomic mass is 35.5. The summed E-state index contributed by atoms with van der Waals surface area (Å²) in [6, 6.07) is 10.8. The second kappa shape index (κ2) is 24.4. The maximum Gasteiger partial charge on any atom is 0.418 e. The van der Waals surface area contributed by atoms with Crippen molar-refractivity contribution in [1.29, 1.82) is 0 Å². The van der Waals surface area contributed by atoms with E-state index < -0.39 is 82.2 Å². The lowest BCUT2D eigenvalue weighted by Gasteiger charge is -2.15. The van der Waals surface area contributed by atoms with Crippen molar-refractivity contribution in [1.82, 2.24) is 39.3 Å². The zero-order valence-electron chi connectivity index (χ0n) is 41.4. The molecule has 0 aliphatic carbocycles. The van der Waals surface area contributed by atoms with E-state index in [1.807, 2.05) is 23.8 Å². The molecule has 21 nitrogen and oxygen atoms in total. The van der Waals surface area contributed by atoms with Crippen molar-refractivity contribution in [2.45, 2.75) is 74.7 Å². The normalized spacial score (nSPS) is 12.2. The first-order valence-electron chi connectivity index (χ1n) is 22.1. The highest BCUT2D eigenvalue weighted by Crippen LogP contribution is 2.39. The summed E-state index contributed by atoms with van der Waals surface area (Å²) in [5, 5.41) is 19.0. The number of halogens is 7. The summed E-state index contributed by atoms with van der Waals surface area (Å²) in [6.07, 6.45) is -2.42. The van der Waals surface area contributed by atoms with Crippen LogP contribution in [0.3, 0.4) is 0 Å². The number of carbonyl (C=O) groups excluding carboxylic acids is 2. The van der Waals surface area contributed by atoms with Crippen LogP contribution in [0.5, 0.6) is 29.3 Å². The molecule has 0 aliphatic heterocycles. The van der Waals surface area contributed by atoms with Crippen molar-refractivity contribution in [3.05, 3.63) is 100.0 Å². The van der Waals surface area contributed by atoms with E-state index in [1.54, 1.807) is 18.3 Å². The predicted octanol–water partition coefficient (Wildman–Crippen LogP) is 8.23. The van der Waals surface area contributed by atoms with E-state index in [0.29, 0.717) is 40.7 Å². The van der Waals surface area contributed by atoms with Crippen LogP contribution in [-0.2, 0) is 48.8 Å². The topological polar surface area (TPSA) is 268 Å². The number of aromatic hydroxyl groups is 1. The van der Waals surface area contributed by atoms with E-state index in [2.05, 4.69) is 37.1 Å². The molecule has 1 unspecified atom stereocenters. The zero-order chi connectivity index (χ0) is 56.5. The number of alkyl halides is 6. The summed E-state index contributed by atoms with van der Waals surface area (Å²) in [4.78, 5) is 38.1. The number of carbonyl (C=O) groups is 2. The minimum atomic E-state index is -4.98. The summed E-state index contributed by atoms with van der Waals surface area (Å²) in [5.41, 5.74) is -2.60. The molecule has 0 saturated carbocycles. The first-order valence-corrected chi connectivity index (χ1v) is 25.8. The van der Waals surface area contributed by atoms with Crippen molar-refractivity contribution in [2.75, 3.05) is 38.9 Å². The number of rotatable bonds is 17. The van der Waals surface area contributed by atoms with E-state index in [0.717, 1.165) is 59.6 Å². The van der Waals surface area contributed by atoms with Crippen LogP contribution in [0.25, 0.3) is 16.7 Å². The molecule has 1 atom stereocenters. The largest absolute Gasteiger partial charge is 0.493 e. The van der Waals surface area contributed by atoms with Gasteiger partial charge in [0.2, 0.25) is 29.3 Å². The minimum absolute atomic E-state index is 0.0854. The average Bonchev–Trinajstić information content (AvgIpc) is 3.88. The van der Waals surface area contributed by atoms with Crippen molar-refractivity contribution in [3.8, 4) is 29.3 Å². The minimum Gasteiger partial charge on any atom is -0.493 e. The van der Waals surface area contributed by atoms with Crippen molar-refractivity contribution in [3.63, 3.8) is 0 Å². The van der Waals surface area contributed by atoms with E-state index in [1.165, 1.54) is 34.3 Å². The quantitative estimate of drug-likeness (QED) is 0.0376. The van der Waals surface area contributed by atoms with Gasteiger partial charge in [0.1, 0.15) is 16.8 Å². The van der Waals surface area contributed by atoms with Gasteiger partial charge in [-0.1, -0.05) is 31.4 Å². The SMILES string of the molecule is CCCCCC(C)OC(=O)COc1ccc(Cl)c2cccnc12.COc1cc(OC)n2nc(NS(=O)(=O)c3c(C(F)(F)F)ccnc3OC)nc2n1.Cc1nn(C)c(O)c1C(=O)c1ccc(C(F)(F)F)cc1S(C)(=O)=O. The third-order valence-electron chi connectivity index (χ3n) is 10.5. The van der Waals surface area contributed by atoms with Gasteiger partial charge in [-0.25, -0.2) is 36.0 Å². The first-order chi connectivity index (χ1) is 35.6. The van der Waals surface area contributed by atoms with Gasteiger partial charge in [-0.05, 0) is 75.2 Å². The summed E-state index contributed by atoms with van der Waals surface area (Å²) in [7, 11) is -3.96. The number of ether oxygens (including phenoxy) is 5. The summed E-state index contributed by atoms with van der Waals surface area (Å²) in [6.45, 7) is 5.34. The number of aromatic nitrogens is 8. The van der Waals surface area contributed by atoms with Crippen LogP contribution in [0.1, 0.15) is 72.3 Å². The maximum atomic E-state index is 13.3. The van der Waals surface area contributed by atoms with Gasteiger partial charge in [0.05, 0.1) is 60.2 Å². The van der Waals surface area contributed by atoms with Gasteiger partial charge in [0.15, 0.2) is 21.3 Å². The molecule has 76 heavy (non-hydrogen) atoms. The molecule has 0 fully saturated rings. The van der Waals surface area contributed by atoms with Gasteiger partial charge in [0.25, 0.3) is 21.7 Å². The third kappa shape index (κ3) is 14.4. The van der Waals surface area contributed by atoms with E-state index in [-0.39, 0.29) is 47.5 Å². The highest BCUT2D eigenvalue weighted by Gasteiger charge is 2.41. The molecule has 0 radical (unpaired) electrons. The van der Waals surface area contributed by atoms with Crippen LogP contribution in [0, 0.1) is 6.92 Å². The summed E-state index contributed by atoms with van der Waals surface area (Å²) < 4.78 is 157. The van der Waals surface area contributed by atoms with Crippen LogP contribution in [0.2, 0.25) is 5.02 Å². The van der Waals surface area contributed by atoms with Gasteiger partial charge < -0.3 is 28.8 Å². The number of sulfonamides is 1. The molecule has 0 amide bonds. The maximum absolute atomic E-state index is 13.3. The molecule has 0 saturated heterocycles. The third-order valence-corrected chi connectivity index (χ3v) is 13.3. The molecule has 7 aromatic rings. The van der Waals surface area contributed by atoms with E-state index >= 15 is 0 Å². The van der Waals surface area contributed by atoms with E-state index in [9.17, 15) is 57.9 Å². The molecule has 0 aliphatic rings. The number of methoxy groups -OCH3 is 3. The Morgan fingerprint density at radius 3 is 2.18 bits per heavy atom. The van der Waals surface area contributed by atoms with Crippen molar-refractivity contribution < 1.29 is 81.6 Å². The van der Waals surface area contributed by atoms with Crippen LogP contribution >= 0.6 is 11.6 Å². The Morgan fingerprint density at radius 2 is 1.59 bits per heavy atom. The monoisotopic (exact) mass is 1130 g/mol. The van der Waals surface area contributed by atoms with Crippen LogP contribution in [-0.4, -0.2) is 113 Å². The number of esters is 1. The number of ketones is 1. The molecule has 410 valence electrons. The Hall–Kier alpha value is -7.53. The zero-order valence-corrected chi connectivity index (χ0v) is 43.8. The lowest BCUT2D eigenvalue weighted by atomic mass is 10.0. The molecular formula is C46H48ClF6N9O12S2. The Morgan fingerprint density at radius 1 is 0.882 bits per heavy atom. The van der Waals surface area contributed by atoms with E-state index in [4.69, 9.17) is 35.3 Å². The number of benzene rings is 2. The Kier molecular flexibility index (Phi) is 19.1. The number of aryl methyl sites for hydroxylation is 2. The number of unbranched alkanes of at least 4 members (excludes halogenated alkanes) is 2. The number of hydrogen-bond donors (Lipinski definition) is 2. The molecule has 0 spiro atoms. The van der Waals surface area contributed by atoms with Gasteiger partial charge in [0, 0.05) is 36.6 Å². The molecule has 5 heterocycles. The first kappa shape index (κ1) is 59.3. The predicted molar refractivity (Wildman–Crippen MR) is 260 cm³/mol. The second-order valence-electron chi connectivity index (χ2n) is 16.0. The lowest BCUT2D eigenvalue weighted by Crippen LogP contribution is -2.21. The Bertz CT molecular complexity index is 3470. The number of hydrogen-bond acceptors (Lipinski definition) is 18. The van der Waals surface area contributed by atoms with Crippen LogP contribution < -0.4 is 23.7 Å². The van der Waals surface area contributed by atoms with Crippen molar-refractivity contribution >= 4 is 65.8 Å². The van der Waals surface area contributed by atoms with Gasteiger partial charge in [-0.2, -0.15) is 45.9 Å². The van der Waals surface area contributed by atoms with Gasteiger partial charge in [-0.3, -0.25) is 9.78 Å². The number of sulfone groups is 1. The number of pyridine rings is 2. The standard InChI is InChI=1S/C18H22ClNO3.C14H13F3N6O5S.C14H13F3N2O4S/c1-3-4-5-7-13(2)23-17(21)12-22-16-10-9-15(19)14-8-6-11-20-18(14)16;1-26-8-6-9(27-2)23-13(19-8)20-12(21-23)22-29(24,25)10-7(14(15,16)17)4-5-18-11(10)28-3;1-7-11(13(21)19(2)18-7)12(20)9-5-4-8(14(15,16)17)6-10(9)24(3,22)23/h6,8-11,13H,3-5,7,12H2,1-2H3;4-6H,1-3H3,(H,21,22);4-6,21H,1-3H3. The molecular weight excluding hydrogens is 1080 g/mol. The lowest BCUT2D eigenvalue weighted by molar-refractivity contribution is -0.151. The summed E-state index contributed by atoms with van der Waals surface area (Å²) in [5.74, 6) is -2.48. The molecule has 7 rings (SSSR count). The number of fused-ring (bicyclic) bond motifs is 2. The van der Waals surface area contributed by atoms with Crippen LogP contribution in [0.15, 0.2) is 76.8 Å². The molecule has 2 aromatic carbocycles. The molecule has 30 heteroatoms.